The zero-order valence-corrected chi connectivity index (χ0v) is 18.6. The van der Waals surface area contributed by atoms with E-state index in [4.69, 9.17) is 4.74 Å². The summed E-state index contributed by atoms with van der Waals surface area (Å²) in [7, 11) is 0. The highest BCUT2D eigenvalue weighted by Crippen LogP contribution is 2.60. The van der Waals surface area contributed by atoms with Gasteiger partial charge in [-0.1, -0.05) is 34.1 Å². The molecule has 30 heavy (non-hydrogen) atoms. The molecular weight excluding hydrogens is 380 g/mol. The van der Waals surface area contributed by atoms with Gasteiger partial charge in [0, 0.05) is 24.6 Å². The largest absolute Gasteiger partial charge is 0.494 e. The summed E-state index contributed by atoms with van der Waals surface area (Å²) in [6.07, 6.45) is 4.34. The van der Waals surface area contributed by atoms with Crippen molar-refractivity contribution in [3.63, 3.8) is 0 Å². The fraction of sp³-hybridized carbons (Fsp3) is 0.625. The lowest BCUT2D eigenvalue weighted by Crippen LogP contribution is -2.59. The van der Waals surface area contributed by atoms with Crippen molar-refractivity contribution >= 4 is 23.4 Å². The van der Waals surface area contributed by atoms with Gasteiger partial charge in [0.15, 0.2) is 0 Å². The normalized spacial score (nSPS) is 24.8. The highest BCUT2D eigenvalue weighted by molar-refractivity contribution is 6.03. The zero-order valence-electron chi connectivity index (χ0n) is 18.6. The van der Waals surface area contributed by atoms with Crippen molar-refractivity contribution in [2.24, 2.45) is 16.7 Å². The van der Waals surface area contributed by atoms with Crippen LogP contribution in [0.1, 0.15) is 66.2 Å². The number of nitrogens with one attached hydrogen (secondary N) is 1. The lowest BCUT2D eigenvalue weighted by atomic mass is 9.62. The Bertz CT molecular complexity index is 802. The SMILES string of the molecule is CCCCOc1ccc(NC(=O)CCCN2C(=O)C3CCC(C)(C2=O)C3(C)C)cc1. The predicted octanol–water partition coefficient (Wildman–Crippen LogP) is 4.40. The summed E-state index contributed by atoms with van der Waals surface area (Å²) in [5.74, 6) is 0.409. The minimum Gasteiger partial charge on any atom is -0.494 e. The van der Waals surface area contributed by atoms with Gasteiger partial charge in [-0.25, -0.2) is 0 Å². The molecule has 1 saturated heterocycles. The van der Waals surface area contributed by atoms with E-state index in [1.165, 1.54) is 4.90 Å². The van der Waals surface area contributed by atoms with Crippen LogP contribution in [0.3, 0.4) is 0 Å². The number of carbonyl (C=O) groups excluding carboxylic acids is 3. The smallest absolute Gasteiger partial charge is 0.235 e. The first-order chi connectivity index (χ1) is 14.2. The van der Waals surface area contributed by atoms with Crippen LogP contribution in [0.5, 0.6) is 5.75 Å². The molecular formula is C24H34N2O4. The third kappa shape index (κ3) is 4.09. The molecule has 6 nitrogen and oxygen atoms in total. The summed E-state index contributed by atoms with van der Waals surface area (Å²) in [5.41, 5.74) is -0.0868. The van der Waals surface area contributed by atoms with E-state index in [0.717, 1.165) is 31.4 Å². The average Bonchev–Trinajstić information content (AvgIpc) is 2.89. The molecule has 0 spiro atoms. The summed E-state index contributed by atoms with van der Waals surface area (Å²) < 4.78 is 5.62. The summed E-state index contributed by atoms with van der Waals surface area (Å²) in [4.78, 5) is 39.5. The van der Waals surface area contributed by atoms with E-state index in [0.29, 0.717) is 25.3 Å². The second kappa shape index (κ2) is 8.78. The van der Waals surface area contributed by atoms with Gasteiger partial charge in [-0.15, -0.1) is 0 Å². The number of unbranched alkanes of at least 4 members (excludes halogenated alkanes) is 1. The number of amides is 3. The molecule has 0 aromatic heterocycles. The summed E-state index contributed by atoms with van der Waals surface area (Å²) >= 11 is 0. The quantitative estimate of drug-likeness (QED) is 0.480. The molecule has 1 aliphatic carbocycles. The first-order valence-corrected chi connectivity index (χ1v) is 11.1. The van der Waals surface area contributed by atoms with Crippen molar-refractivity contribution in [3.8, 4) is 5.75 Å². The molecule has 164 valence electrons. The van der Waals surface area contributed by atoms with Gasteiger partial charge in [0.1, 0.15) is 5.75 Å². The molecule has 1 aromatic carbocycles. The zero-order chi connectivity index (χ0) is 21.9. The average molecular weight is 415 g/mol. The van der Waals surface area contributed by atoms with E-state index in [9.17, 15) is 14.4 Å². The number of hydrogen-bond acceptors (Lipinski definition) is 4. The summed E-state index contributed by atoms with van der Waals surface area (Å²) in [6.45, 7) is 9.16. The van der Waals surface area contributed by atoms with Gasteiger partial charge in [0.2, 0.25) is 17.7 Å². The van der Waals surface area contributed by atoms with E-state index in [1.54, 1.807) is 0 Å². The van der Waals surface area contributed by atoms with Gasteiger partial charge < -0.3 is 10.1 Å². The van der Waals surface area contributed by atoms with E-state index in [-0.39, 0.29) is 35.5 Å². The van der Waals surface area contributed by atoms with E-state index in [1.807, 2.05) is 45.0 Å². The number of rotatable bonds is 9. The second-order valence-corrected chi connectivity index (χ2v) is 9.32. The Balaban J connectivity index is 1.48. The minimum absolute atomic E-state index is 0.0703. The van der Waals surface area contributed by atoms with Crippen LogP contribution in [0.15, 0.2) is 24.3 Å². The molecule has 2 fully saturated rings. The maximum Gasteiger partial charge on any atom is 0.235 e. The number of piperidine rings is 1. The fourth-order valence-corrected chi connectivity index (χ4v) is 4.70. The molecule has 1 heterocycles. The molecule has 6 heteroatoms. The maximum absolute atomic E-state index is 13.0. The van der Waals surface area contributed by atoms with E-state index >= 15 is 0 Å². The Kier molecular flexibility index (Phi) is 6.53. The molecule has 2 atom stereocenters. The monoisotopic (exact) mass is 414 g/mol. The van der Waals surface area contributed by atoms with Gasteiger partial charge in [-0.3, -0.25) is 19.3 Å². The molecule has 2 unspecified atom stereocenters. The standard InChI is InChI=1S/C24H34N2O4/c1-5-6-16-30-18-11-9-17(10-12-18)25-20(27)8-7-15-26-21(28)19-13-14-24(4,22(26)29)23(19,2)3/h9-12,19H,5-8,13-16H2,1-4H3,(H,25,27). The third-order valence-electron chi connectivity index (χ3n) is 7.20. The number of anilines is 1. The van der Waals surface area contributed by atoms with Crippen molar-refractivity contribution in [1.82, 2.24) is 4.90 Å². The molecule has 3 amide bonds. The molecule has 3 rings (SSSR count). The highest BCUT2D eigenvalue weighted by atomic mass is 16.5. The fourth-order valence-electron chi connectivity index (χ4n) is 4.70. The number of ether oxygens (including phenoxy) is 1. The Hall–Kier alpha value is -2.37. The van der Waals surface area contributed by atoms with Gasteiger partial charge in [0.05, 0.1) is 12.0 Å². The van der Waals surface area contributed by atoms with Crippen LogP contribution in [0.25, 0.3) is 0 Å². The van der Waals surface area contributed by atoms with Gasteiger partial charge >= 0.3 is 0 Å². The van der Waals surface area contributed by atoms with Crippen LogP contribution in [0.4, 0.5) is 5.69 Å². The van der Waals surface area contributed by atoms with Crippen molar-refractivity contribution in [2.45, 2.75) is 66.2 Å². The third-order valence-corrected chi connectivity index (χ3v) is 7.20. The number of nitrogens with zero attached hydrogens (tertiary/aromatic N) is 1. The van der Waals surface area contributed by atoms with Crippen LogP contribution in [0, 0.1) is 16.7 Å². The Morgan fingerprint density at radius 2 is 1.87 bits per heavy atom. The number of carbonyl (C=O) groups is 3. The van der Waals surface area contributed by atoms with Crippen LogP contribution in [-0.2, 0) is 14.4 Å². The Morgan fingerprint density at radius 3 is 2.53 bits per heavy atom. The predicted molar refractivity (Wildman–Crippen MR) is 116 cm³/mol. The molecule has 1 saturated carbocycles. The van der Waals surface area contributed by atoms with Crippen LogP contribution >= 0.6 is 0 Å². The van der Waals surface area contributed by atoms with Gasteiger partial charge in [-0.2, -0.15) is 0 Å². The first kappa shape index (κ1) is 22.3. The first-order valence-electron chi connectivity index (χ1n) is 11.1. The molecule has 2 aliphatic rings. The lowest BCUT2D eigenvalue weighted by Gasteiger charge is -2.47. The van der Waals surface area contributed by atoms with Crippen LogP contribution in [0.2, 0.25) is 0 Å². The molecule has 1 aliphatic heterocycles. The van der Waals surface area contributed by atoms with Gasteiger partial charge in [0.25, 0.3) is 0 Å². The number of imide groups is 1. The van der Waals surface area contributed by atoms with E-state index < -0.39 is 5.41 Å². The van der Waals surface area contributed by atoms with Crippen molar-refractivity contribution in [1.29, 1.82) is 0 Å². The number of likely N-dealkylation sites (tertiary alicyclic amines) is 1. The van der Waals surface area contributed by atoms with Crippen LogP contribution in [-0.4, -0.2) is 35.8 Å². The maximum atomic E-state index is 13.0. The van der Waals surface area contributed by atoms with Crippen molar-refractivity contribution < 1.29 is 19.1 Å². The lowest BCUT2D eigenvalue weighted by molar-refractivity contribution is -0.168. The highest BCUT2D eigenvalue weighted by Gasteiger charge is 2.64. The summed E-state index contributed by atoms with van der Waals surface area (Å²) in [6, 6.07) is 7.32. The van der Waals surface area contributed by atoms with E-state index in [2.05, 4.69) is 12.2 Å². The Labute approximate surface area is 179 Å². The van der Waals surface area contributed by atoms with Crippen molar-refractivity contribution in [3.05, 3.63) is 24.3 Å². The van der Waals surface area contributed by atoms with Crippen LogP contribution < -0.4 is 10.1 Å². The van der Waals surface area contributed by atoms with Crippen molar-refractivity contribution in [2.75, 3.05) is 18.5 Å². The molecule has 1 aromatic rings. The topological polar surface area (TPSA) is 75.7 Å². The minimum atomic E-state index is -0.491. The number of benzene rings is 1. The second-order valence-electron chi connectivity index (χ2n) is 9.32. The molecule has 2 bridgehead atoms. The summed E-state index contributed by atoms with van der Waals surface area (Å²) in [5, 5.41) is 2.86. The molecule has 0 radical (unpaired) electrons. The van der Waals surface area contributed by atoms with Gasteiger partial charge in [-0.05, 0) is 55.4 Å². The Morgan fingerprint density at radius 1 is 1.17 bits per heavy atom. The number of fused-ring (bicyclic) bond motifs is 2. The number of hydrogen-bond donors (Lipinski definition) is 1. The molecule has 1 N–H and O–H groups in total.